The van der Waals surface area contributed by atoms with Crippen molar-refractivity contribution in [3.8, 4) is 0 Å². The molecule has 3 nitrogen and oxygen atoms in total. The van der Waals surface area contributed by atoms with Crippen LogP contribution in [0.5, 0.6) is 0 Å². The highest BCUT2D eigenvalue weighted by Gasteiger charge is 2.32. The molecule has 0 spiro atoms. The Morgan fingerprint density at radius 1 is 1.40 bits per heavy atom. The smallest absolute Gasteiger partial charge is 0.0428 e. The fourth-order valence-corrected chi connectivity index (χ4v) is 2.19. The third-order valence-corrected chi connectivity index (χ3v) is 3.18. The Balaban J connectivity index is 2.07. The maximum absolute atomic E-state index is 4.04. The van der Waals surface area contributed by atoms with Crippen LogP contribution in [0.4, 0.5) is 5.69 Å². The van der Waals surface area contributed by atoms with Gasteiger partial charge in [0.2, 0.25) is 0 Å². The molecule has 15 heavy (non-hydrogen) atoms. The molecule has 2 heterocycles. The van der Waals surface area contributed by atoms with Gasteiger partial charge in [-0.05, 0) is 32.4 Å². The Labute approximate surface area is 91.5 Å². The van der Waals surface area contributed by atoms with E-state index in [-0.39, 0.29) is 5.54 Å². The van der Waals surface area contributed by atoms with Crippen LogP contribution in [0.25, 0.3) is 0 Å². The molecular weight excluding hydrogens is 186 g/mol. The minimum atomic E-state index is 0.270. The first-order valence-electron chi connectivity index (χ1n) is 5.46. The van der Waals surface area contributed by atoms with E-state index in [9.17, 15) is 0 Å². The summed E-state index contributed by atoms with van der Waals surface area (Å²) in [5.41, 5.74) is 1.51. The average Bonchev–Trinajstić information content (AvgIpc) is 2.59. The molecule has 0 amide bonds. The van der Waals surface area contributed by atoms with E-state index in [1.165, 1.54) is 12.1 Å². The van der Waals surface area contributed by atoms with Gasteiger partial charge in [-0.2, -0.15) is 0 Å². The molecule has 0 bridgehead atoms. The molecule has 2 rings (SSSR count). The van der Waals surface area contributed by atoms with Gasteiger partial charge in [0.05, 0.1) is 0 Å². The van der Waals surface area contributed by atoms with E-state index in [4.69, 9.17) is 0 Å². The third kappa shape index (κ3) is 2.29. The van der Waals surface area contributed by atoms with E-state index < -0.39 is 0 Å². The lowest BCUT2D eigenvalue weighted by Gasteiger charge is -2.27. The topological polar surface area (TPSA) is 28.2 Å². The maximum Gasteiger partial charge on any atom is 0.0428 e. The van der Waals surface area contributed by atoms with Crippen molar-refractivity contribution >= 4 is 5.69 Å². The van der Waals surface area contributed by atoms with E-state index in [1.807, 2.05) is 12.4 Å². The summed E-state index contributed by atoms with van der Waals surface area (Å²) in [7, 11) is 2.16. The predicted molar refractivity (Wildman–Crippen MR) is 63.1 cm³/mol. The molecule has 0 radical (unpaired) electrons. The normalized spacial score (nSPS) is 24.1. The highest BCUT2D eigenvalue weighted by Crippen LogP contribution is 2.24. The molecule has 1 atom stereocenters. The van der Waals surface area contributed by atoms with Gasteiger partial charge in [-0.1, -0.05) is 0 Å². The lowest BCUT2D eigenvalue weighted by atomic mass is 10.0. The van der Waals surface area contributed by atoms with E-state index in [0.29, 0.717) is 6.04 Å². The molecule has 1 saturated heterocycles. The van der Waals surface area contributed by atoms with Crippen molar-refractivity contribution in [2.45, 2.75) is 31.8 Å². The van der Waals surface area contributed by atoms with Gasteiger partial charge in [0, 0.05) is 43.3 Å². The van der Waals surface area contributed by atoms with Gasteiger partial charge in [0.15, 0.2) is 0 Å². The minimum absolute atomic E-state index is 0.270. The number of rotatable bonds is 2. The first-order chi connectivity index (χ1) is 7.08. The third-order valence-electron chi connectivity index (χ3n) is 3.18. The van der Waals surface area contributed by atoms with Gasteiger partial charge >= 0.3 is 0 Å². The fourth-order valence-electron chi connectivity index (χ4n) is 2.19. The zero-order chi connectivity index (χ0) is 10.9. The standard InChI is InChI=1S/C12H19N3/c1-12(2)8-11(9-14-12)15(3)10-4-6-13-7-5-10/h4-7,11,14H,8-9H2,1-3H3. The second-order valence-electron chi connectivity index (χ2n) is 4.94. The molecule has 0 aliphatic carbocycles. The number of aromatic nitrogens is 1. The molecule has 1 aliphatic rings. The number of hydrogen-bond donors (Lipinski definition) is 1. The van der Waals surface area contributed by atoms with Gasteiger partial charge in [-0.25, -0.2) is 0 Å². The van der Waals surface area contributed by atoms with Crippen molar-refractivity contribution in [3.05, 3.63) is 24.5 Å². The summed E-state index contributed by atoms with van der Waals surface area (Å²) in [6.45, 7) is 5.58. The molecule has 3 heteroatoms. The Kier molecular flexibility index (Phi) is 2.65. The van der Waals surface area contributed by atoms with Crippen LogP contribution < -0.4 is 10.2 Å². The molecule has 1 aromatic heterocycles. The Morgan fingerprint density at radius 2 is 2.07 bits per heavy atom. The molecule has 1 aromatic rings. The Bertz CT molecular complexity index is 321. The van der Waals surface area contributed by atoms with Crippen molar-refractivity contribution in [1.82, 2.24) is 10.3 Å². The number of likely N-dealkylation sites (N-methyl/N-ethyl adjacent to an activating group) is 1. The summed E-state index contributed by atoms with van der Waals surface area (Å²) in [6, 6.07) is 4.71. The van der Waals surface area contributed by atoms with Crippen LogP contribution in [0.15, 0.2) is 24.5 Å². The minimum Gasteiger partial charge on any atom is -0.370 e. The summed E-state index contributed by atoms with van der Waals surface area (Å²) in [6.07, 6.45) is 4.88. The van der Waals surface area contributed by atoms with Crippen molar-refractivity contribution in [2.75, 3.05) is 18.5 Å². The molecule has 1 fully saturated rings. The summed E-state index contributed by atoms with van der Waals surface area (Å²) in [5.74, 6) is 0. The number of nitrogens with zero attached hydrogens (tertiary/aromatic N) is 2. The highest BCUT2D eigenvalue weighted by molar-refractivity contribution is 5.45. The van der Waals surface area contributed by atoms with Gasteiger partial charge in [0.1, 0.15) is 0 Å². The zero-order valence-corrected chi connectivity index (χ0v) is 9.70. The predicted octanol–water partition coefficient (Wildman–Crippen LogP) is 1.66. The molecule has 0 aromatic carbocycles. The first kappa shape index (κ1) is 10.4. The van der Waals surface area contributed by atoms with E-state index >= 15 is 0 Å². The van der Waals surface area contributed by atoms with Crippen LogP contribution >= 0.6 is 0 Å². The number of nitrogens with one attached hydrogen (secondary N) is 1. The number of hydrogen-bond acceptors (Lipinski definition) is 3. The quantitative estimate of drug-likeness (QED) is 0.796. The lowest BCUT2D eigenvalue weighted by Crippen LogP contribution is -2.33. The van der Waals surface area contributed by atoms with Crippen LogP contribution in [0, 0.1) is 0 Å². The average molecular weight is 205 g/mol. The van der Waals surface area contributed by atoms with Crippen LogP contribution in [-0.4, -0.2) is 30.2 Å². The van der Waals surface area contributed by atoms with Gasteiger partial charge in [-0.3, -0.25) is 4.98 Å². The van der Waals surface area contributed by atoms with Gasteiger partial charge in [0.25, 0.3) is 0 Å². The van der Waals surface area contributed by atoms with E-state index in [0.717, 1.165) is 6.54 Å². The molecule has 1 N–H and O–H groups in total. The Hall–Kier alpha value is -1.09. The van der Waals surface area contributed by atoms with Gasteiger partial charge < -0.3 is 10.2 Å². The maximum atomic E-state index is 4.04. The molecule has 1 unspecified atom stereocenters. The van der Waals surface area contributed by atoms with E-state index in [2.05, 4.69) is 48.2 Å². The van der Waals surface area contributed by atoms with Crippen LogP contribution in [0.3, 0.4) is 0 Å². The summed E-state index contributed by atoms with van der Waals surface area (Å²) in [4.78, 5) is 6.38. The summed E-state index contributed by atoms with van der Waals surface area (Å²) < 4.78 is 0. The molecule has 0 saturated carbocycles. The van der Waals surface area contributed by atoms with Gasteiger partial charge in [-0.15, -0.1) is 0 Å². The molecular formula is C12H19N3. The Morgan fingerprint density at radius 3 is 2.60 bits per heavy atom. The van der Waals surface area contributed by atoms with Crippen LogP contribution in [0.1, 0.15) is 20.3 Å². The van der Waals surface area contributed by atoms with Crippen LogP contribution in [-0.2, 0) is 0 Å². The molecule has 82 valence electrons. The van der Waals surface area contributed by atoms with Crippen LogP contribution in [0.2, 0.25) is 0 Å². The zero-order valence-electron chi connectivity index (χ0n) is 9.70. The fraction of sp³-hybridized carbons (Fsp3) is 0.583. The van der Waals surface area contributed by atoms with Crippen molar-refractivity contribution in [1.29, 1.82) is 0 Å². The van der Waals surface area contributed by atoms with E-state index in [1.54, 1.807) is 0 Å². The highest BCUT2D eigenvalue weighted by atomic mass is 15.2. The lowest BCUT2D eigenvalue weighted by molar-refractivity contribution is 0.454. The second-order valence-corrected chi connectivity index (χ2v) is 4.94. The largest absolute Gasteiger partial charge is 0.370 e. The second kappa shape index (κ2) is 3.81. The van der Waals surface area contributed by atoms with Crippen molar-refractivity contribution < 1.29 is 0 Å². The van der Waals surface area contributed by atoms with Crippen molar-refractivity contribution in [3.63, 3.8) is 0 Å². The number of anilines is 1. The summed E-state index contributed by atoms with van der Waals surface area (Å²) in [5, 5.41) is 3.54. The molecule has 1 aliphatic heterocycles. The van der Waals surface area contributed by atoms with Crippen molar-refractivity contribution in [2.24, 2.45) is 0 Å². The number of pyridine rings is 1. The SMILES string of the molecule is CN(c1ccncc1)C1CNC(C)(C)C1. The summed E-state index contributed by atoms with van der Waals surface area (Å²) >= 11 is 0. The monoisotopic (exact) mass is 205 g/mol. The first-order valence-corrected chi connectivity index (χ1v) is 5.46.